The molecule has 3 aliphatic heterocycles. The lowest BCUT2D eigenvalue weighted by Crippen LogP contribution is -2.59. The fourth-order valence-electron chi connectivity index (χ4n) is 5.96. The highest BCUT2D eigenvalue weighted by atomic mass is 16.5. The second-order valence-electron chi connectivity index (χ2n) is 11.3. The summed E-state index contributed by atoms with van der Waals surface area (Å²) < 4.78 is 29.0. The van der Waals surface area contributed by atoms with Crippen LogP contribution >= 0.6 is 0 Å². The highest BCUT2D eigenvalue weighted by Crippen LogP contribution is 2.33. The highest BCUT2D eigenvalue weighted by Gasteiger charge is 2.36. The van der Waals surface area contributed by atoms with Crippen molar-refractivity contribution < 1.29 is 33.3 Å². The number of hydrogen-bond acceptors (Lipinski definition) is 8. The quantitative estimate of drug-likeness (QED) is 0.519. The molecule has 2 fully saturated rings. The van der Waals surface area contributed by atoms with Gasteiger partial charge in [-0.25, -0.2) is 0 Å². The Bertz CT molecular complexity index is 1200. The first-order valence-electron chi connectivity index (χ1n) is 14.9. The first-order chi connectivity index (χ1) is 20.5. The molecule has 2 aromatic carbocycles. The molecule has 0 aromatic heterocycles. The molecular weight excluding hydrogens is 538 g/mol. The number of methoxy groups -OCH3 is 2. The van der Waals surface area contributed by atoms with Gasteiger partial charge in [-0.15, -0.1) is 0 Å². The lowest BCUT2D eigenvalue weighted by molar-refractivity contribution is -0.144. The van der Waals surface area contributed by atoms with E-state index in [1.54, 1.807) is 14.2 Å². The Hall–Kier alpha value is -3.18. The fraction of sp³-hybridized carbons (Fsp3) is 0.562. The second kappa shape index (κ2) is 14.8. The number of hydrogen-bond donors (Lipinski definition) is 1. The number of carbonyl (C=O) groups is 2. The van der Waals surface area contributed by atoms with Crippen molar-refractivity contribution in [1.29, 1.82) is 0 Å². The largest absolute Gasteiger partial charge is 0.493 e. The third-order valence-electron chi connectivity index (χ3n) is 8.19. The number of ether oxygens (including phenoxy) is 5. The van der Waals surface area contributed by atoms with Crippen LogP contribution in [0.2, 0.25) is 0 Å². The SMILES string of the molecule is COCCCN1CC(=O)N[C@@H]2CN(C(=O)C3CCOCC3)CC[C@@H]2OCc2cccc(c2)Oc2cc(ccc2OC)C1. The summed E-state index contributed by atoms with van der Waals surface area (Å²) in [4.78, 5) is 30.9. The van der Waals surface area contributed by atoms with Crippen molar-refractivity contribution in [3.8, 4) is 17.2 Å². The van der Waals surface area contributed by atoms with Gasteiger partial charge in [0.2, 0.25) is 11.8 Å². The van der Waals surface area contributed by atoms with Crippen molar-refractivity contribution in [1.82, 2.24) is 15.1 Å². The van der Waals surface area contributed by atoms with E-state index in [-0.39, 0.29) is 36.4 Å². The Kier molecular flexibility index (Phi) is 10.7. The van der Waals surface area contributed by atoms with Gasteiger partial charge >= 0.3 is 0 Å². The molecule has 2 saturated heterocycles. The van der Waals surface area contributed by atoms with Crippen LogP contribution in [0.3, 0.4) is 0 Å². The van der Waals surface area contributed by atoms with E-state index in [0.29, 0.717) is 76.3 Å². The van der Waals surface area contributed by atoms with Crippen molar-refractivity contribution in [3.05, 3.63) is 53.6 Å². The number of nitrogens with one attached hydrogen (secondary N) is 1. The van der Waals surface area contributed by atoms with E-state index in [1.807, 2.05) is 47.4 Å². The molecule has 10 heteroatoms. The maximum atomic E-state index is 13.5. The molecule has 42 heavy (non-hydrogen) atoms. The molecule has 0 saturated carbocycles. The minimum absolute atomic E-state index is 0.0217. The number of rotatable bonds is 6. The average Bonchev–Trinajstić information content (AvgIpc) is 3.00. The van der Waals surface area contributed by atoms with E-state index in [9.17, 15) is 9.59 Å². The number of amides is 2. The van der Waals surface area contributed by atoms with Crippen molar-refractivity contribution in [2.45, 2.75) is 51.0 Å². The Morgan fingerprint density at radius 2 is 1.90 bits per heavy atom. The summed E-state index contributed by atoms with van der Waals surface area (Å²) in [5, 5.41) is 3.24. The summed E-state index contributed by atoms with van der Waals surface area (Å²) in [5.41, 5.74) is 1.97. The molecule has 4 bridgehead atoms. The van der Waals surface area contributed by atoms with Crippen LogP contribution in [0, 0.1) is 5.92 Å². The van der Waals surface area contributed by atoms with Crippen LogP contribution < -0.4 is 14.8 Å². The summed E-state index contributed by atoms with van der Waals surface area (Å²) in [6, 6.07) is 13.4. The van der Waals surface area contributed by atoms with Gasteiger partial charge in [-0.1, -0.05) is 18.2 Å². The Morgan fingerprint density at radius 3 is 2.71 bits per heavy atom. The number of nitrogens with zero attached hydrogens (tertiary/aromatic N) is 2. The molecule has 10 nitrogen and oxygen atoms in total. The van der Waals surface area contributed by atoms with Gasteiger partial charge in [0.15, 0.2) is 11.5 Å². The molecule has 2 atom stereocenters. The van der Waals surface area contributed by atoms with Crippen LogP contribution in [0.25, 0.3) is 0 Å². The molecular formula is C32H43N3O7. The molecule has 2 aromatic rings. The standard InChI is InChI=1S/C32H43N3O7/c1-38-14-4-12-34-19-23-7-8-29(39-2)30(18-23)42-26-6-3-5-24(17-26)22-41-28-9-13-35(20-27(28)33-31(36)21-34)32(37)25-10-15-40-16-11-25/h3,5-8,17-18,25,27-28H,4,9-16,19-22H2,1-2H3,(H,33,36)/t27-,28+/m1/s1. The van der Waals surface area contributed by atoms with E-state index >= 15 is 0 Å². The molecule has 5 rings (SSSR count). The van der Waals surface area contributed by atoms with Gasteiger partial charge in [0.1, 0.15) is 5.75 Å². The average molecular weight is 582 g/mol. The predicted octanol–water partition coefficient (Wildman–Crippen LogP) is 3.37. The molecule has 3 aliphatic rings. The summed E-state index contributed by atoms with van der Waals surface area (Å²) in [7, 11) is 3.30. The number of carbonyl (C=O) groups excluding carboxylic acids is 2. The highest BCUT2D eigenvalue weighted by molar-refractivity contribution is 5.80. The number of piperidine rings is 1. The Morgan fingerprint density at radius 1 is 1.05 bits per heavy atom. The fourth-order valence-corrected chi connectivity index (χ4v) is 5.96. The van der Waals surface area contributed by atoms with E-state index in [4.69, 9.17) is 23.7 Å². The molecule has 0 radical (unpaired) electrons. The maximum absolute atomic E-state index is 13.5. The second-order valence-corrected chi connectivity index (χ2v) is 11.3. The van der Waals surface area contributed by atoms with Crippen LogP contribution in [0.4, 0.5) is 0 Å². The molecule has 228 valence electrons. The van der Waals surface area contributed by atoms with Gasteiger partial charge in [0.25, 0.3) is 0 Å². The summed E-state index contributed by atoms with van der Waals surface area (Å²) >= 11 is 0. The monoisotopic (exact) mass is 581 g/mol. The van der Waals surface area contributed by atoms with Crippen molar-refractivity contribution in [3.63, 3.8) is 0 Å². The van der Waals surface area contributed by atoms with E-state index in [2.05, 4.69) is 10.2 Å². The zero-order valence-electron chi connectivity index (χ0n) is 24.7. The lowest BCUT2D eigenvalue weighted by Gasteiger charge is -2.40. The van der Waals surface area contributed by atoms with Crippen LogP contribution in [0.15, 0.2) is 42.5 Å². The van der Waals surface area contributed by atoms with Crippen molar-refractivity contribution >= 4 is 11.8 Å². The summed E-state index contributed by atoms with van der Waals surface area (Å²) in [5.74, 6) is 1.98. The van der Waals surface area contributed by atoms with Crippen LogP contribution in [-0.4, -0.2) is 94.0 Å². The van der Waals surface area contributed by atoms with Crippen molar-refractivity contribution in [2.24, 2.45) is 5.92 Å². The molecule has 0 unspecified atom stereocenters. The first kappa shape index (κ1) is 30.3. The minimum atomic E-state index is -0.309. The van der Waals surface area contributed by atoms with Crippen LogP contribution in [0.1, 0.15) is 36.8 Å². The van der Waals surface area contributed by atoms with Crippen LogP contribution in [-0.2, 0) is 37.0 Å². The van der Waals surface area contributed by atoms with Gasteiger partial charge in [-0.3, -0.25) is 14.5 Å². The van der Waals surface area contributed by atoms with E-state index in [0.717, 1.165) is 30.4 Å². The van der Waals surface area contributed by atoms with Crippen molar-refractivity contribution in [2.75, 3.05) is 60.2 Å². The van der Waals surface area contributed by atoms with Gasteiger partial charge in [0, 0.05) is 59.0 Å². The van der Waals surface area contributed by atoms with E-state index < -0.39 is 0 Å². The Balaban J connectivity index is 1.39. The maximum Gasteiger partial charge on any atom is 0.234 e. The third kappa shape index (κ3) is 8.01. The zero-order valence-corrected chi connectivity index (χ0v) is 24.7. The predicted molar refractivity (Wildman–Crippen MR) is 157 cm³/mol. The van der Waals surface area contributed by atoms with Crippen LogP contribution in [0.5, 0.6) is 17.2 Å². The molecule has 0 aliphatic carbocycles. The topological polar surface area (TPSA) is 98.8 Å². The lowest BCUT2D eigenvalue weighted by atomic mass is 9.95. The third-order valence-corrected chi connectivity index (χ3v) is 8.19. The van der Waals surface area contributed by atoms with E-state index in [1.165, 1.54) is 0 Å². The van der Waals surface area contributed by atoms with Gasteiger partial charge in [-0.05, 0) is 61.1 Å². The molecule has 3 heterocycles. The molecule has 2 amide bonds. The number of benzene rings is 2. The Labute approximate surface area is 248 Å². The molecule has 0 spiro atoms. The summed E-state index contributed by atoms with van der Waals surface area (Å²) in [6.07, 6.45) is 2.70. The summed E-state index contributed by atoms with van der Waals surface area (Å²) in [6.45, 7) is 4.69. The smallest absolute Gasteiger partial charge is 0.234 e. The minimum Gasteiger partial charge on any atom is -0.493 e. The zero-order chi connectivity index (χ0) is 29.3. The first-order valence-corrected chi connectivity index (χ1v) is 14.9. The molecule has 1 N–H and O–H groups in total. The number of fused-ring (bicyclic) bond motifs is 5. The normalized spacial score (nSPS) is 22.5. The van der Waals surface area contributed by atoms with Gasteiger partial charge in [-0.2, -0.15) is 0 Å². The number of likely N-dealkylation sites (tertiary alicyclic amines) is 1. The van der Waals surface area contributed by atoms with Gasteiger partial charge < -0.3 is 33.9 Å². The van der Waals surface area contributed by atoms with Gasteiger partial charge in [0.05, 0.1) is 32.4 Å².